The van der Waals surface area contributed by atoms with Gasteiger partial charge in [0.15, 0.2) is 0 Å². The molecule has 7 nitrogen and oxygen atoms in total. The number of fused-ring (bicyclic) bond motifs is 1. The van der Waals surface area contributed by atoms with Crippen LogP contribution in [0, 0.1) is 22.7 Å². The lowest BCUT2D eigenvalue weighted by Gasteiger charge is -2.20. The van der Waals surface area contributed by atoms with Gasteiger partial charge in [0.1, 0.15) is 33.5 Å². The molecule has 2 N–H and O–H groups in total. The van der Waals surface area contributed by atoms with Crippen molar-refractivity contribution in [3.63, 3.8) is 0 Å². The highest BCUT2D eigenvalue weighted by Crippen LogP contribution is 2.38. The first kappa shape index (κ1) is 23.1. The molecule has 0 fully saturated rings. The van der Waals surface area contributed by atoms with Crippen LogP contribution in [0.3, 0.4) is 0 Å². The predicted molar refractivity (Wildman–Crippen MR) is 144 cm³/mol. The fourth-order valence-corrected chi connectivity index (χ4v) is 5.63. The van der Waals surface area contributed by atoms with Crippen molar-refractivity contribution in [2.45, 2.75) is 5.92 Å². The van der Waals surface area contributed by atoms with Crippen LogP contribution in [0.5, 0.6) is 0 Å². The van der Waals surface area contributed by atoms with Crippen molar-refractivity contribution in [2.24, 2.45) is 5.73 Å². The molecule has 5 aromatic rings. The Morgan fingerprint density at radius 2 is 1.42 bits per heavy atom. The molecule has 38 heavy (non-hydrogen) atoms. The molecule has 0 unspecified atom stereocenters. The Bertz CT molecular complexity index is 1980. The molecule has 0 saturated carbocycles. The van der Waals surface area contributed by atoms with Gasteiger partial charge in [-0.15, -0.1) is 11.3 Å². The third-order valence-corrected chi connectivity index (χ3v) is 7.43. The number of nitriles is 2. The summed E-state index contributed by atoms with van der Waals surface area (Å²) in [7, 11) is 0. The van der Waals surface area contributed by atoms with Gasteiger partial charge in [0.2, 0.25) is 0 Å². The van der Waals surface area contributed by atoms with E-state index in [0.29, 0.717) is 32.2 Å². The highest BCUT2D eigenvalue weighted by atomic mass is 32.1. The summed E-state index contributed by atoms with van der Waals surface area (Å²) in [6.07, 6.45) is 1.62. The Morgan fingerprint density at radius 3 is 2.05 bits per heavy atom. The summed E-state index contributed by atoms with van der Waals surface area (Å²) >= 11 is 1.12. The minimum absolute atomic E-state index is 0.0190. The lowest BCUT2D eigenvalue weighted by Crippen LogP contribution is -2.38. The van der Waals surface area contributed by atoms with E-state index in [1.807, 2.05) is 66.7 Å². The summed E-state index contributed by atoms with van der Waals surface area (Å²) in [6.45, 7) is 0. The zero-order valence-corrected chi connectivity index (χ0v) is 20.6. The topological polar surface area (TPSA) is 122 Å². The first-order valence-electron chi connectivity index (χ1n) is 11.7. The van der Waals surface area contributed by atoms with E-state index in [1.165, 1.54) is 4.57 Å². The first-order valence-corrected chi connectivity index (χ1v) is 12.5. The SMILES string of the molecule is N#CC1=C(N)n2c(s/c(=C\c3ccc(-c4ccccc4)o3)c2=O)=C(C#N)[C@@H]1c1ccc(-c2ccccc2)o1. The number of rotatable bonds is 4. The van der Waals surface area contributed by atoms with Crippen molar-refractivity contribution in [3.8, 4) is 34.8 Å². The van der Waals surface area contributed by atoms with Crippen molar-refractivity contribution in [3.05, 3.63) is 122 Å². The Labute approximate surface area is 220 Å². The molecule has 0 amide bonds. The number of thiazole rings is 1. The number of allylic oxidation sites excluding steroid dienone is 1. The normalized spacial score (nSPS) is 15.3. The smallest absolute Gasteiger partial charge is 0.274 e. The molecule has 1 aliphatic heterocycles. The maximum absolute atomic E-state index is 13.4. The molecule has 3 aromatic heterocycles. The van der Waals surface area contributed by atoms with Gasteiger partial charge in [-0.3, -0.25) is 9.36 Å². The Kier molecular flexibility index (Phi) is 5.65. The van der Waals surface area contributed by atoms with Crippen molar-refractivity contribution in [2.75, 3.05) is 0 Å². The van der Waals surface area contributed by atoms with Gasteiger partial charge in [-0.1, -0.05) is 60.7 Å². The summed E-state index contributed by atoms with van der Waals surface area (Å²) in [5, 5.41) is 20.2. The quantitative estimate of drug-likeness (QED) is 0.380. The van der Waals surface area contributed by atoms with Crippen LogP contribution < -0.4 is 20.5 Å². The van der Waals surface area contributed by atoms with Crippen LogP contribution in [-0.4, -0.2) is 4.57 Å². The molecular formula is C30H18N4O3S. The predicted octanol–water partition coefficient (Wildman–Crippen LogP) is 4.38. The lowest BCUT2D eigenvalue weighted by atomic mass is 9.88. The molecule has 1 aliphatic rings. The number of nitrogens with zero attached hydrogens (tertiary/aromatic N) is 3. The monoisotopic (exact) mass is 514 g/mol. The van der Waals surface area contributed by atoms with Gasteiger partial charge in [-0.25, -0.2) is 0 Å². The molecule has 0 aliphatic carbocycles. The Balaban J connectivity index is 1.50. The summed E-state index contributed by atoms with van der Waals surface area (Å²) in [5.74, 6) is 1.30. The minimum Gasteiger partial charge on any atom is -0.460 e. The van der Waals surface area contributed by atoms with E-state index in [4.69, 9.17) is 14.6 Å². The highest BCUT2D eigenvalue weighted by Gasteiger charge is 2.34. The Morgan fingerprint density at radius 1 is 0.816 bits per heavy atom. The summed E-state index contributed by atoms with van der Waals surface area (Å²) in [4.78, 5) is 13.4. The average Bonchev–Trinajstić information content (AvgIpc) is 3.70. The first-order chi connectivity index (χ1) is 18.6. The van der Waals surface area contributed by atoms with Crippen LogP contribution in [0.4, 0.5) is 0 Å². The zero-order valence-electron chi connectivity index (χ0n) is 19.8. The van der Waals surface area contributed by atoms with Crippen LogP contribution >= 0.6 is 11.3 Å². The van der Waals surface area contributed by atoms with Crippen molar-refractivity contribution in [1.82, 2.24) is 4.57 Å². The molecule has 0 bridgehead atoms. The number of furan rings is 2. The fourth-order valence-electron chi connectivity index (χ4n) is 4.52. The van der Waals surface area contributed by atoms with Crippen LogP contribution in [0.1, 0.15) is 17.4 Å². The highest BCUT2D eigenvalue weighted by molar-refractivity contribution is 7.07. The second-order valence-corrected chi connectivity index (χ2v) is 9.59. The maximum Gasteiger partial charge on any atom is 0.274 e. The molecule has 182 valence electrons. The van der Waals surface area contributed by atoms with Gasteiger partial charge in [0, 0.05) is 17.2 Å². The van der Waals surface area contributed by atoms with E-state index in [-0.39, 0.29) is 17.0 Å². The van der Waals surface area contributed by atoms with Gasteiger partial charge >= 0.3 is 0 Å². The average molecular weight is 515 g/mol. The summed E-state index contributed by atoms with van der Waals surface area (Å²) < 4.78 is 13.9. The van der Waals surface area contributed by atoms with Crippen molar-refractivity contribution < 1.29 is 8.83 Å². The van der Waals surface area contributed by atoms with Gasteiger partial charge in [-0.05, 0) is 24.3 Å². The van der Waals surface area contributed by atoms with Crippen LogP contribution in [-0.2, 0) is 0 Å². The van der Waals surface area contributed by atoms with Crippen LogP contribution in [0.2, 0.25) is 0 Å². The zero-order chi connectivity index (χ0) is 26.2. The minimum atomic E-state index is -0.832. The number of hydrogen-bond acceptors (Lipinski definition) is 7. The number of benzene rings is 2. The number of hydrogen-bond donors (Lipinski definition) is 1. The molecule has 4 heterocycles. The van der Waals surface area contributed by atoms with Gasteiger partial charge in [0.05, 0.1) is 33.7 Å². The summed E-state index contributed by atoms with van der Waals surface area (Å²) in [5.41, 5.74) is 8.03. The van der Waals surface area contributed by atoms with E-state index in [0.717, 1.165) is 22.5 Å². The van der Waals surface area contributed by atoms with Crippen molar-refractivity contribution >= 4 is 28.8 Å². The van der Waals surface area contributed by atoms with E-state index in [9.17, 15) is 15.3 Å². The summed E-state index contributed by atoms with van der Waals surface area (Å²) in [6, 6.07) is 30.6. The largest absolute Gasteiger partial charge is 0.460 e. The van der Waals surface area contributed by atoms with Crippen molar-refractivity contribution in [1.29, 1.82) is 10.5 Å². The van der Waals surface area contributed by atoms with E-state index in [1.54, 1.807) is 24.3 Å². The van der Waals surface area contributed by atoms with Gasteiger partial charge in [0.25, 0.3) is 5.56 Å². The molecule has 0 radical (unpaired) electrons. The standard InChI is InChI=1S/C30H18N4O3S/c31-16-21-27(25-14-13-24(37-25)19-9-5-2-6-10-19)22(17-32)30-34(28(21)33)29(35)26(38-30)15-20-11-12-23(36-20)18-7-3-1-4-8-18/h1-15,27H,33H2/b26-15-/t27-/m1/s1. The second-order valence-electron chi connectivity index (χ2n) is 8.56. The molecule has 0 spiro atoms. The third kappa shape index (κ3) is 3.77. The molecule has 8 heteroatoms. The van der Waals surface area contributed by atoms with Gasteiger partial charge < -0.3 is 14.6 Å². The molecule has 0 saturated heterocycles. The van der Waals surface area contributed by atoms with Gasteiger partial charge in [-0.2, -0.15) is 10.5 Å². The molecule has 2 aromatic carbocycles. The third-order valence-electron chi connectivity index (χ3n) is 6.32. The van der Waals surface area contributed by atoms with E-state index >= 15 is 0 Å². The van der Waals surface area contributed by atoms with E-state index < -0.39 is 11.5 Å². The van der Waals surface area contributed by atoms with E-state index in [2.05, 4.69) is 12.1 Å². The van der Waals surface area contributed by atoms with Crippen LogP contribution in [0.15, 0.2) is 104 Å². The maximum atomic E-state index is 13.4. The lowest BCUT2D eigenvalue weighted by molar-refractivity contribution is 0.521. The molecular weight excluding hydrogens is 496 g/mol. The fraction of sp³-hybridized carbons (Fsp3) is 0.0333. The molecule has 6 rings (SSSR count). The molecule has 1 atom stereocenters. The van der Waals surface area contributed by atoms with Crippen LogP contribution in [0.25, 0.3) is 40.1 Å². The number of nitrogens with two attached hydrogens (primary N) is 1. The Hall–Kier alpha value is -5.31. The number of aromatic nitrogens is 1. The second kappa shape index (κ2) is 9.29.